The molecule has 0 aromatic carbocycles. The van der Waals surface area contributed by atoms with Crippen molar-refractivity contribution in [3.05, 3.63) is 12.2 Å². The van der Waals surface area contributed by atoms with Crippen LogP contribution in [-0.4, -0.2) is 37.1 Å². The van der Waals surface area contributed by atoms with Crippen LogP contribution in [-0.2, 0) is 23.9 Å². The smallest absolute Gasteiger partial charge is 0.330 e. The highest BCUT2D eigenvalue weighted by Crippen LogP contribution is 2.05. The molecule has 1 N–H and O–H groups in total. The third-order valence-corrected chi connectivity index (χ3v) is 1.91. The molecule has 0 unspecified atom stereocenters. The van der Waals surface area contributed by atoms with Crippen molar-refractivity contribution in [2.45, 2.75) is 19.4 Å². The molecular weight excluding hydrogens is 214 g/mol. The molecule has 1 saturated heterocycles. The molecule has 1 fully saturated rings. The first-order chi connectivity index (χ1) is 7.63. The quantitative estimate of drug-likeness (QED) is 0.519. The maximum Gasteiger partial charge on any atom is 0.330 e. The molecule has 6 nitrogen and oxygen atoms in total. The average molecular weight is 227 g/mol. The van der Waals surface area contributed by atoms with Crippen molar-refractivity contribution in [2.75, 3.05) is 13.2 Å². The van der Waals surface area contributed by atoms with Gasteiger partial charge in [0.25, 0.3) is 0 Å². The van der Waals surface area contributed by atoms with Gasteiger partial charge in [-0.25, -0.2) is 9.59 Å². The molecular formula is C10H13NO5. The van der Waals surface area contributed by atoms with E-state index in [-0.39, 0.29) is 6.61 Å². The maximum absolute atomic E-state index is 11.2. The fraction of sp³-hybridized carbons (Fsp3) is 0.500. The third kappa shape index (κ3) is 3.72. The minimum Gasteiger partial charge on any atom is -0.464 e. The van der Waals surface area contributed by atoms with Gasteiger partial charge in [-0.05, 0) is 6.92 Å². The van der Waals surface area contributed by atoms with Crippen molar-refractivity contribution >= 4 is 17.8 Å². The normalized spacial score (nSPS) is 19.6. The Hall–Kier alpha value is -1.85. The van der Waals surface area contributed by atoms with E-state index in [1.54, 1.807) is 6.92 Å². The molecule has 0 radical (unpaired) electrons. The zero-order valence-corrected chi connectivity index (χ0v) is 8.89. The van der Waals surface area contributed by atoms with Gasteiger partial charge in [0.1, 0.15) is 6.04 Å². The van der Waals surface area contributed by atoms with E-state index < -0.39 is 23.9 Å². The summed E-state index contributed by atoms with van der Waals surface area (Å²) >= 11 is 0. The summed E-state index contributed by atoms with van der Waals surface area (Å²) in [5.41, 5.74) is 0. The summed E-state index contributed by atoms with van der Waals surface area (Å²) in [6, 6.07) is -0.612. The van der Waals surface area contributed by atoms with Crippen molar-refractivity contribution in [3.63, 3.8) is 0 Å². The van der Waals surface area contributed by atoms with E-state index in [0.717, 1.165) is 12.2 Å². The molecule has 6 heteroatoms. The molecule has 0 aliphatic carbocycles. The molecule has 0 bridgehead atoms. The lowest BCUT2D eigenvalue weighted by Crippen LogP contribution is -2.36. The van der Waals surface area contributed by atoms with E-state index in [1.807, 2.05) is 0 Å². The van der Waals surface area contributed by atoms with E-state index in [4.69, 9.17) is 0 Å². The number of nitrogens with one attached hydrogen (secondary N) is 1. The highest BCUT2D eigenvalue weighted by Gasteiger charge is 2.27. The van der Waals surface area contributed by atoms with Crippen LogP contribution in [0, 0.1) is 0 Å². The molecule has 1 heterocycles. The van der Waals surface area contributed by atoms with Crippen LogP contribution in [0.4, 0.5) is 0 Å². The monoisotopic (exact) mass is 227 g/mol. The predicted octanol–water partition coefficient (Wildman–Crippen LogP) is -0.463. The Morgan fingerprint density at radius 2 is 2.31 bits per heavy atom. The summed E-state index contributed by atoms with van der Waals surface area (Å²) in [5, 5.41) is 2.42. The zero-order chi connectivity index (χ0) is 12.0. The molecule has 0 spiro atoms. The lowest BCUT2D eigenvalue weighted by atomic mass is 10.2. The molecule has 88 valence electrons. The van der Waals surface area contributed by atoms with Crippen LogP contribution in [0.5, 0.6) is 0 Å². The summed E-state index contributed by atoms with van der Waals surface area (Å²) in [4.78, 5) is 33.1. The lowest BCUT2D eigenvalue weighted by molar-refractivity contribution is -0.140. The minimum absolute atomic E-state index is 0.250. The lowest BCUT2D eigenvalue weighted by Gasteiger charge is -2.05. The number of hydrogen-bond acceptors (Lipinski definition) is 5. The Labute approximate surface area is 92.6 Å². The molecule has 1 amide bonds. The number of esters is 2. The highest BCUT2D eigenvalue weighted by molar-refractivity contribution is 5.96. The summed E-state index contributed by atoms with van der Waals surface area (Å²) in [5.74, 6) is -1.55. The average Bonchev–Trinajstić information content (AvgIpc) is 2.62. The number of rotatable bonds is 4. The maximum atomic E-state index is 11.2. The van der Waals surface area contributed by atoms with Crippen LogP contribution >= 0.6 is 0 Å². The SMILES string of the molecule is CCOC(=O)C=CC(=O)N[C@@H]1CCOC1=O. The molecule has 0 saturated carbocycles. The van der Waals surface area contributed by atoms with Crippen LogP contribution in [0.25, 0.3) is 0 Å². The second-order valence-electron chi connectivity index (χ2n) is 3.10. The first-order valence-electron chi connectivity index (χ1n) is 4.95. The van der Waals surface area contributed by atoms with Gasteiger partial charge in [-0.2, -0.15) is 0 Å². The van der Waals surface area contributed by atoms with Crippen molar-refractivity contribution in [3.8, 4) is 0 Å². The van der Waals surface area contributed by atoms with Crippen molar-refractivity contribution in [1.82, 2.24) is 5.32 Å². The van der Waals surface area contributed by atoms with Gasteiger partial charge in [-0.15, -0.1) is 0 Å². The topological polar surface area (TPSA) is 81.7 Å². The van der Waals surface area contributed by atoms with E-state index in [0.29, 0.717) is 13.0 Å². The van der Waals surface area contributed by atoms with Gasteiger partial charge in [0.05, 0.1) is 13.2 Å². The molecule has 1 atom stereocenters. The Bertz CT molecular complexity index is 323. The summed E-state index contributed by atoms with van der Waals surface area (Å²) in [6.45, 7) is 2.23. The van der Waals surface area contributed by atoms with E-state index in [2.05, 4.69) is 14.8 Å². The van der Waals surface area contributed by atoms with Gasteiger partial charge in [0.15, 0.2) is 0 Å². The van der Waals surface area contributed by atoms with Crippen LogP contribution in [0.15, 0.2) is 12.2 Å². The Balaban J connectivity index is 2.35. The molecule has 1 aliphatic rings. The first kappa shape index (κ1) is 12.2. The molecule has 1 aliphatic heterocycles. The van der Waals surface area contributed by atoms with Crippen molar-refractivity contribution in [1.29, 1.82) is 0 Å². The van der Waals surface area contributed by atoms with Gasteiger partial charge in [0.2, 0.25) is 5.91 Å². The number of hydrogen-bond donors (Lipinski definition) is 1. The van der Waals surface area contributed by atoms with Crippen LogP contribution < -0.4 is 5.32 Å². The summed E-state index contributed by atoms with van der Waals surface area (Å²) in [7, 11) is 0. The molecule has 16 heavy (non-hydrogen) atoms. The van der Waals surface area contributed by atoms with Gasteiger partial charge >= 0.3 is 11.9 Å². The third-order valence-electron chi connectivity index (χ3n) is 1.91. The van der Waals surface area contributed by atoms with Gasteiger partial charge in [-0.3, -0.25) is 4.79 Å². The Morgan fingerprint density at radius 1 is 1.56 bits per heavy atom. The summed E-state index contributed by atoms with van der Waals surface area (Å²) in [6.07, 6.45) is 2.50. The first-order valence-corrected chi connectivity index (χ1v) is 4.95. The van der Waals surface area contributed by atoms with Gasteiger partial charge in [-0.1, -0.05) is 0 Å². The number of carbonyl (C=O) groups excluding carboxylic acids is 3. The number of cyclic esters (lactones) is 1. The Kier molecular flexibility index (Phi) is 4.50. The number of ether oxygens (including phenoxy) is 2. The molecule has 0 aromatic heterocycles. The Morgan fingerprint density at radius 3 is 2.88 bits per heavy atom. The summed E-state index contributed by atoms with van der Waals surface area (Å²) < 4.78 is 9.25. The fourth-order valence-electron chi connectivity index (χ4n) is 1.18. The number of amides is 1. The predicted molar refractivity (Wildman–Crippen MR) is 53.3 cm³/mol. The van der Waals surface area contributed by atoms with E-state index in [1.165, 1.54) is 0 Å². The van der Waals surface area contributed by atoms with Gasteiger partial charge < -0.3 is 14.8 Å². The second kappa shape index (κ2) is 5.89. The molecule has 0 aromatic rings. The fourth-order valence-corrected chi connectivity index (χ4v) is 1.18. The standard InChI is InChI=1S/C10H13NO5/c1-2-15-9(13)4-3-8(12)11-7-5-6-16-10(7)14/h3-4,7H,2,5-6H2,1H3,(H,11,12)/t7-/m1/s1. The van der Waals surface area contributed by atoms with Crippen molar-refractivity contribution in [2.24, 2.45) is 0 Å². The van der Waals surface area contributed by atoms with Gasteiger partial charge in [0, 0.05) is 18.6 Å². The minimum atomic E-state index is -0.612. The van der Waals surface area contributed by atoms with Crippen LogP contribution in [0.2, 0.25) is 0 Å². The van der Waals surface area contributed by atoms with Crippen molar-refractivity contribution < 1.29 is 23.9 Å². The largest absolute Gasteiger partial charge is 0.464 e. The van der Waals surface area contributed by atoms with Crippen LogP contribution in [0.1, 0.15) is 13.3 Å². The molecule has 1 rings (SSSR count). The second-order valence-corrected chi connectivity index (χ2v) is 3.10. The highest BCUT2D eigenvalue weighted by atomic mass is 16.5. The number of carbonyl (C=O) groups is 3. The zero-order valence-electron chi connectivity index (χ0n) is 8.89. The van der Waals surface area contributed by atoms with E-state index >= 15 is 0 Å². The van der Waals surface area contributed by atoms with Crippen LogP contribution in [0.3, 0.4) is 0 Å². The van der Waals surface area contributed by atoms with E-state index in [9.17, 15) is 14.4 Å².